The number of halogens is 1. The van der Waals surface area contributed by atoms with Gasteiger partial charge in [0.1, 0.15) is 5.60 Å². The highest BCUT2D eigenvalue weighted by Crippen LogP contribution is 2.37. The minimum Gasteiger partial charge on any atom is -0.380 e. The average Bonchev–Trinajstić information content (AvgIpc) is 3.00. The van der Waals surface area contributed by atoms with Crippen molar-refractivity contribution in [2.75, 3.05) is 19.6 Å². The highest BCUT2D eigenvalue weighted by atomic mass is 79.9. The van der Waals surface area contributed by atoms with Crippen LogP contribution in [0.3, 0.4) is 0 Å². The van der Waals surface area contributed by atoms with Crippen molar-refractivity contribution >= 4 is 15.9 Å². The van der Waals surface area contributed by atoms with Gasteiger partial charge in [-0.05, 0) is 67.2 Å². The summed E-state index contributed by atoms with van der Waals surface area (Å²) >= 11 is 3.51. The van der Waals surface area contributed by atoms with Crippen molar-refractivity contribution in [3.63, 3.8) is 0 Å². The standard InChI is InChI=1S/C23H28BrNO/c24-22-12-10-21(11-13-22)23(26,20-4-2-1-3-5-20)14-15-25-16-18-6-7-19(17-25)9-8-18/h1-5,10-13,18-19,26H,6-9,14-17H2. The molecular formula is C23H28BrNO. The number of fused-ring (bicyclic) bond motifs is 4. The van der Waals surface area contributed by atoms with E-state index in [4.69, 9.17) is 0 Å². The van der Waals surface area contributed by atoms with Crippen LogP contribution in [-0.2, 0) is 5.60 Å². The first-order chi connectivity index (χ1) is 12.6. The topological polar surface area (TPSA) is 23.5 Å². The van der Waals surface area contributed by atoms with Crippen molar-refractivity contribution in [3.05, 3.63) is 70.2 Å². The number of benzene rings is 2. The maximum absolute atomic E-state index is 11.8. The van der Waals surface area contributed by atoms with Crippen LogP contribution in [0.5, 0.6) is 0 Å². The molecule has 1 saturated carbocycles. The molecule has 1 N–H and O–H groups in total. The second-order valence-corrected chi connectivity index (χ2v) is 9.05. The molecule has 3 aliphatic rings. The third-order valence-corrected chi connectivity index (χ3v) is 6.89. The molecule has 2 aromatic rings. The lowest BCUT2D eigenvalue weighted by atomic mass is 9.83. The molecule has 26 heavy (non-hydrogen) atoms. The maximum Gasteiger partial charge on any atom is 0.116 e. The van der Waals surface area contributed by atoms with Crippen LogP contribution in [0.2, 0.25) is 0 Å². The SMILES string of the molecule is OC(CCN1CC2CCC(CC2)C1)(c1ccccc1)c1ccc(Br)cc1. The van der Waals surface area contributed by atoms with Gasteiger partial charge < -0.3 is 10.0 Å². The normalized spacial score (nSPS) is 25.6. The number of rotatable bonds is 5. The van der Waals surface area contributed by atoms with Crippen molar-refractivity contribution in [3.8, 4) is 0 Å². The van der Waals surface area contributed by atoms with Crippen molar-refractivity contribution in [1.82, 2.24) is 4.90 Å². The summed E-state index contributed by atoms with van der Waals surface area (Å²) in [6.07, 6.45) is 6.33. The predicted molar refractivity (Wildman–Crippen MR) is 110 cm³/mol. The Labute approximate surface area is 165 Å². The van der Waals surface area contributed by atoms with Gasteiger partial charge >= 0.3 is 0 Å². The van der Waals surface area contributed by atoms with E-state index in [-0.39, 0.29) is 0 Å². The van der Waals surface area contributed by atoms with Crippen LogP contribution >= 0.6 is 15.9 Å². The Balaban J connectivity index is 1.56. The smallest absolute Gasteiger partial charge is 0.116 e. The van der Waals surface area contributed by atoms with E-state index in [9.17, 15) is 5.11 Å². The van der Waals surface area contributed by atoms with Gasteiger partial charge in [0, 0.05) is 24.1 Å². The minimum atomic E-state index is -0.937. The molecule has 1 aliphatic carbocycles. The number of nitrogens with zero attached hydrogens (tertiary/aromatic N) is 1. The van der Waals surface area contributed by atoms with Gasteiger partial charge in [0.2, 0.25) is 0 Å². The molecule has 1 atom stereocenters. The highest BCUT2D eigenvalue weighted by molar-refractivity contribution is 9.10. The predicted octanol–water partition coefficient (Wildman–Crippen LogP) is 5.20. The summed E-state index contributed by atoms with van der Waals surface area (Å²) in [5.41, 5.74) is 1.03. The van der Waals surface area contributed by atoms with Gasteiger partial charge in [-0.3, -0.25) is 0 Å². The zero-order chi connectivity index (χ0) is 18.0. The zero-order valence-corrected chi connectivity index (χ0v) is 16.9. The molecule has 3 heteroatoms. The molecule has 0 radical (unpaired) electrons. The molecule has 0 aromatic heterocycles. The summed E-state index contributed by atoms with van der Waals surface area (Å²) in [7, 11) is 0. The first-order valence-electron chi connectivity index (χ1n) is 9.90. The van der Waals surface area contributed by atoms with Crippen molar-refractivity contribution < 1.29 is 5.11 Å². The van der Waals surface area contributed by atoms with Crippen LogP contribution in [0.1, 0.15) is 43.2 Å². The summed E-state index contributed by atoms with van der Waals surface area (Å²) < 4.78 is 1.04. The van der Waals surface area contributed by atoms with Gasteiger partial charge in [-0.15, -0.1) is 0 Å². The minimum absolute atomic E-state index is 0.734. The second kappa shape index (κ2) is 7.84. The Morgan fingerprint density at radius 1 is 0.846 bits per heavy atom. The van der Waals surface area contributed by atoms with Crippen molar-refractivity contribution in [2.24, 2.45) is 11.8 Å². The van der Waals surface area contributed by atoms with Gasteiger partial charge in [-0.2, -0.15) is 0 Å². The molecule has 2 nitrogen and oxygen atoms in total. The molecule has 2 aliphatic heterocycles. The van der Waals surface area contributed by atoms with Crippen LogP contribution < -0.4 is 0 Å². The van der Waals surface area contributed by atoms with E-state index in [2.05, 4.69) is 20.8 Å². The van der Waals surface area contributed by atoms with Gasteiger partial charge in [-0.25, -0.2) is 0 Å². The van der Waals surface area contributed by atoms with Crippen molar-refractivity contribution in [1.29, 1.82) is 0 Å². The lowest BCUT2D eigenvalue weighted by molar-refractivity contribution is 0.0559. The van der Waals surface area contributed by atoms with E-state index in [1.165, 1.54) is 38.8 Å². The molecular weight excluding hydrogens is 386 g/mol. The highest BCUT2D eigenvalue weighted by Gasteiger charge is 2.34. The van der Waals surface area contributed by atoms with Gasteiger partial charge in [0.25, 0.3) is 0 Å². The number of hydrogen-bond acceptors (Lipinski definition) is 2. The Morgan fingerprint density at radius 2 is 1.38 bits per heavy atom. The molecule has 1 unspecified atom stereocenters. The molecule has 2 bridgehead atoms. The first kappa shape index (κ1) is 18.2. The van der Waals surface area contributed by atoms with Crippen molar-refractivity contribution in [2.45, 2.75) is 37.7 Å². The van der Waals surface area contributed by atoms with Crippen LogP contribution in [-0.4, -0.2) is 29.6 Å². The third kappa shape index (κ3) is 3.90. The largest absolute Gasteiger partial charge is 0.380 e. The van der Waals surface area contributed by atoms with E-state index < -0.39 is 5.60 Å². The molecule has 0 spiro atoms. The summed E-state index contributed by atoms with van der Waals surface area (Å²) in [4.78, 5) is 2.61. The van der Waals surface area contributed by atoms with Crippen LogP contribution in [0.4, 0.5) is 0 Å². The number of hydrogen-bond donors (Lipinski definition) is 1. The van der Waals surface area contributed by atoms with E-state index >= 15 is 0 Å². The second-order valence-electron chi connectivity index (χ2n) is 8.13. The van der Waals surface area contributed by atoms with E-state index in [0.29, 0.717) is 0 Å². The zero-order valence-electron chi connectivity index (χ0n) is 15.3. The first-order valence-corrected chi connectivity index (χ1v) is 10.7. The third-order valence-electron chi connectivity index (χ3n) is 6.36. The molecule has 2 heterocycles. The monoisotopic (exact) mass is 413 g/mol. The summed E-state index contributed by atoms with van der Waals surface area (Å²) in [5, 5.41) is 11.8. The van der Waals surface area contributed by atoms with E-state index in [0.717, 1.165) is 40.4 Å². The van der Waals surface area contributed by atoms with Gasteiger partial charge in [0.15, 0.2) is 0 Å². The molecule has 2 aromatic carbocycles. The maximum atomic E-state index is 11.8. The Bertz CT molecular complexity index is 695. The van der Waals surface area contributed by atoms with Crippen LogP contribution in [0.15, 0.2) is 59.1 Å². The van der Waals surface area contributed by atoms with E-state index in [1.807, 2.05) is 54.6 Å². The Morgan fingerprint density at radius 3 is 1.96 bits per heavy atom. The van der Waals surface area contributed by atoms with Crippen LogP contribution in [0, 0.1) is 11.8 Å². The quantitative estimate of drug-likeness (QED) is 0.727. The average molecular weight is 414 g/mol. The fourth-order valence-corrected chi connectivity index (χ4v) is 5.06. The fraction of sp³-hybridized carbons (Fsp3) is 0.478. The molecule has 138 valence electrons. The van der Waals surface area contributed by atoms with Gasteiger partial charge in [-0.1, -0.05) is 58.4 Å². The summed E-state index contributed by atoms with van der Waals surface area (Å²) in [6, 6.07) is 18.3. The number of aliphatic hydroxyl groups is 1. The lowest BCUT2D eigenvalue weighted by Crippen LogP contribution is -2.36. The summed E-state index contributed by atoms with van der Waals surface area (Å²) in [5.74, 6) is 1.73. The Hall–Kier alpha value is -1.16. The molecule has 3 fully saturated rings. The lowest BCUT2D eigenvalue weighted by Gasteiger charge is -2.33. The summed E-state index contributed by atoms with van der Waals surface area (Å²) in [6.45, 7) is 3.37. The molecule has 0 amide bonds. The molecule has 2 saturated heterocycles. The van der Waals surface area contributed by atoms with Crippen LogP contribution in [0.25, 0.3) is 0 Å². The molecule has 5 rings (SSSR count). The van der Waals surface area contributed by atoms with E-state index in [1.54, 1.807) is 0 Å². The Kier molecular flexibility index (Phi) is 5.49. The fourth-order valence-electron chi connectivity index (χ4n) is 4.80. The van der Waals surface area contributed by atoms with Gasteiger partial charge in [0.05, 0.1) is 0 Å².